The Balaban J connectivity index is 2.07. The Morgan fingerprint density at radius 1 is 1.39 bits per heavy atom. The fraction of sp³-hybridized carbons (Fsp3) is 0.250. The zero-order chi connectivity index (χ0) is 12.7. The van der Waals surface area contributed by atoms with Crippen LogP contribution in [0.5, 0.6) is 0 Å². The van der Waals surface area contributed by atoms with Crippen LogP contribution in [0.15, 0.2) is 17.6 Å². The third-order valence-corrected chi connectivity index (χ3v) is 3.67. The molecular weight excluding hydrogens is 246 g/mol. The summed E-state index contributed by atoms with van der Waals surface area (Å²) >= 11 is 1.55. The molecule has 0 spiro atoms. The second kappa shape index (κ2) is 4.15. The van der Waals surface area contributed by atoms with Gasteiger partial charge in [-0.15, -0.1) is 11.3 Å². The average molecular weight is 259 g/mol. The fourth-order valence-electron chi connectivity index (χ4n) is 1.73. The molecular formula is C12H13N5S. The molecule has 18 heavy (non-hydrogen) atoms. The van der Waals surface area contributed by atoms with Crippen LogP contribution in [0.3, 0.4) is 0 Å². The molecule has 1 atom stereocenters. The van der Waals surface area contributed by atoms with Gasteiger partial charge in [0.1, 0.15) is 10.7 Å². The maximum atomic E-state index is 5.81. The van der Waals surface area contributed by atoms with Gasteiger partial charge in [0.05, 0.1) is 11.6 Å². The molecule has 6 heteroatoms. The van der Waals surface area contributed by atoms with E-state index in [0.717, 1.165) is 27.6 Å². The van der Waals surface area contributed by atoms with Crippen LogP contribution in [0.2, 0.25) is 0 Å². The van der Waals surface area contributed by atoms with Crippen LogP contribution < -0.4 is 5.73 Å². The van der Waals surface area contributed by atoms with Crippen molar-refractivity contribution in [1.29, 1.82) is 0 Å². The number of hydrogen-bond acceptors (Lipinski definition) is 5. The molecule has 3 aromatic heterocycles. The topological polar surface area (TPSA) is 80.5 Å². The summed E-state index contributed by atoms with van der Waals surface area (Å²) in [6.07, 6.45) is 1.81. The van der Waals surface area contributed by atoms with E-state index in [1.165, 1.54) is 0 Å². The van der Waals surface area contributed by atoms with E-state index in [0.29, 0.717) is 5.65 Å². The van der Waals surface area contributed by atoms with E-state index in [2.05, 4.69) is 19.9 Å². The first-order chi connectivity index (χ1) is 8.63. The number of nitrogens with one attached hydrogen (secondary N) is 1. The zero-order valence-electron chi connectivity index (χ0n) is 10.1. The number of H-pyrrole nitrogens is 1. The van der Waals surface area contributed by atoms with Crippen LogP contribution in [0.25, 0.3) is 22.7 Å². The SMILES string of the molecule is Cc1cnc2nc(-c3csc(C(C)N)n3)[nH]c2c1. The number of imidazole rings is 1. The van der Waals surface area contributed by atoms with Crippen molar-refractivity contribution in [3.63, 3.8) is 0 Å². The summed E-state index contributed by atoms with van der Waals surface area (Å²) in [5.41, 5.74) is 9.38. The van der Waals surface area contributed by atoms with E-state index in [4.69, 9.17) is 5.73 Å². The molecule has 0 aliphatic rings. The van der Waals surface area contributed by atoms with Gasteiger partial charge >= 0.3 is 0 Å². The van der Waals surface area contributed by atoms with Gasteiger partial charge in [0, 0.05) is 11.6 Å². The minimum absolute atomic E-state index is 0.0477. The minimum atomic E-state index is -0.0477. The molecule has 0 bridgehead atoms. The van der Waals surface area contributed by atoms with E-state index in [1.807, 2.05) is 25.3 Å². The van der Waals surface area contributed by atoms with Crippen LogP contribution in [0.1, 0.15) is 23.5 Å². The first-order valence-corrected chi connectivity index (χ1v) is 6.55. The predicted molar refractivity (Wildman–Crippen MR) is 72.3 cm³/mol. The van der Waals surface area contributed by atoms with Gasteiger partial charge in [-0.25, -0.2) is 15.0 Å². The van der Waals surface area contributed by atoms with Crippen LogP contribution in [-0.4, -0.2) is 19.9 Å². The number of rotatable bonds is 2. The van der Waals surface area contributed by atoms with Crippen molar-refractivity contribution in [2.24, 2.45) is 5.73 Å². The number of hydrogen-bond donors (Lipinski definition) is 2. The highest BCUT2D eigenvalue weighted by Gasteiger charge is 2.11. The highest BCUT2D eigenvalue weighted by atomic mass is 32.1. The van der Waals surface area contributed by atoms with Crippen molar-refractivity contribution < 1.29 is 0 Å². The second-order valence-corrected chi connectivity index (χ2v) is 5.22. The van der Waals surface area contributed by atoms with E-state index < -0.39 is 0 Å². The summed E-state index contributed by atoms with van der Waals surface area (Å²) in [5, 5.41) is 2.87. The zero-order valence-corrected chi connectivity index (χ0v) is 11.0. The van der Waals surface area contributed by atoms with Gasteiger partial charge in [-0.05, 0) is 25.5 Å². The number of nitrogens with zero attached hydrogens (tertiary/aromatic N) is 3. The van der Waals surface area contributed by atoms with Crippen molar-refractivity contribution in [2.75, 3.05) is 0 Å². The Morgan fingerprint density at radius 2 is 2.22 bits per heavy atom. The lowest BCUT2D eigenvalue weighted by molar-refractivity contribution is 0.807. The lowest BCUT2D eigenvalue weighted by Gasteiger charge is -1.96. The van der Waals surface area contributed by atoms with Crippen molar-refractivity contribution in [3.8, 4) is 11.5 Å². The summed E-state index contributed by atoms with van der Waals surface area (Å²) in [4.78, 5) is 16.4. The predicted octanol–water partition coefficient (Wildman–Crippen LogP) is 2.41. The normalized spacial score (nSPS) is 13.1. The van der Waals surface area contributed by atoms with Crippen LogP contribution in [-0.2, 0) is 0 Å². The molecule has 0 aliphatic heterocycles. The molecule has 92 valence electrons. The summed E-state index contributed by atoms with van der Waals surface area (Å²) in [6.45, 7) is 3.93. The standard InChI is InChI=1S/C12H13N5S/c1-6-3-8-10(14-4-6)17-11(15-8)9-5-18-12(16-9)7(2)13/h3-5,7H,13H2,1-2H3,(H,14,15,17). The largest absolute Gasteiger partial charge is 0.335 e. The van der Waals surface area contributed by atoms with Gasteiger partial charge in [0.15, 0.2) is 11.5 Å². The lowest BCUT2D eigenvalue weighted by Crippen LogP contribution is -2.03. The molecule has 3 heterocycles. The molecule has 0 amide bonds. The molecule has 1 unspecified atom stereocenters. The number of aromatic nitrogens is 4. The number of nitrogens with two attached hydrogens (primary N) is 1. The Hall–Kier alpha value is -1.79. The van der Waals surface area contributed by atoms with E-state index in [-0.39, 0.29) is 6.04 Å². The Labute approximate surface area is 108 Å². The van der Waals surface area contributed by atoms with Gasteiger partial charge in [-0.1, -0.05) is 0 Å². The van der Waals surface area contributed by atoms with Gasteiger partial charge in [0.25, 0.3) is 0 Å². The molecule has 0 fully saturated rings. The quantitative estimate of drug-likeness (QED) is 0.740. The van der Waals surface area contributed by atoms with E-state index in [9.17, 15) is 0 Å². The maximum Gasteiger partial charge on any atom is 0.178 e. The Bertz CT molecular complexity index is 697. The number of fused-ring (bicyclic) bond motifs is 1. The first-order valence-electron chi connectivity index (χ1n) is 5.67. The number of aryl methyl sites for hydroxylation is 1. The molecule has 0 aromatic carbocycles. The highest BCUT2D eigenvalue weighted by molar-refractivity contribution is 7.10. The first kappa shape index (κ1) is 11.3. The summed E-state index contributed by atoms with van der Waals surface area (Å²) in [6, 6.07) is 1.98. The Morgan fingerprint density at radius 3 is 2.94 bits per heavy atom. The van der Waals surface area contributed by atoms with Crippen LogP contribution in [0, 0.1) is 6.92 Å². The van der Waals surface area contributed by atoms with E-state index in [1.54, 1.807) is 17.5 Å². The van der Waals surface area contributed by atoms with Gasteiger partial charge in [-0.2, -0.15) is 0 Å². The molecule has 0 saturated heterocycles. The third-order valence-electron chi connectivity index (χ3n) is 2.63. The number of thiazole rings is 1. The van der Waals surface area contributed by atoms with E-state index >= 15 is 0 Å². The molecule has 3 rings (SSSR count). The maximum absolute atomic E-state index is 5.81. The molecule has 0 aliphatic carbocycles. The number of pyridine rings is 1. The smallest absolute Gasteiger partial charge is 0.178 e. The molecule has 3 aromatic rings. The van der Waals surface area contributed by atoms with Crippen molar-refractivity contribution in [2.45, 2.75) is 19.9 Å². The van der Waals surface area contributed by atoms with Crippen LogP contribution in [0.4, 0.5) is 0 Å². The van der Waals surface area contributed by atoms with Gasteiger partial charge in [0.2, 0.25) is 0 Å². The summed E-state index contributed by atoms with van der Waals surface area (Å²) in [5.74, 6) is 0.742. The van der Waals surface area contributed by atoms with Crippen molar-refractivity contribution >= 4 is 22.5 Å². The third kappa shape index (κ3) is 1.89. The monoisotopic (exact) mass is 259 g/mol. The molecule has 0 radical (unpaired) electrons. The molecule has 0 saturated carbocycles. The van der Waals surface area contributed by atoms with Gasteiger partial charge in [-0.3, -0.25) is 0 Å². The highest BCUT2D eigenvalue weighted by Crippen LogP contribution is 2.24. The molecule has 3 N–H and O–H groups in total. The van der Waals surface area contributed by atoms with Crippen molar-refractivity contribution in [3.05, 3.63) is 28.2 Å². The summed E-state index contributed by atoms with van der Waals surface area (Å²) in [7, 11) is 0. The number of aromatic amines is 1. The minimum Gasteiger partial charge on any atom is -0.335 e. The summed E-state index contributed by atoms with van der Waals surface area (Å²) < 4.78 is 0. The van der Waals surface area contributed by atoms with Gasteiger partial charge < -0.3 is 10.7 Å². The van der Waals surface area contributed by atoms with Crippen molar-refractivity contribution in [1.82, 2.24) is 19.9 Å². The fourth-order valence-corrected chi connectivity index (χ4v) is 2.49. The van der Waals surface area contributed by atoms with Crippen LogP contribution >= 0.6 is 11.3 Å². The Kier molecular flexibility index (Phi) is 2.61. The molecule has 5 nitrogen and oxygen atoms in total. The average Bonchev–Trinajstić information content (AvgIpc) is 2.93. The lowest BCUT2D eigenvalue weighted by atomic mass is 10.3. The second-order valence-electron chi connectivity index (χ2n) is 4.33.